The van der Waals surface area contributed by atoms with Gasteiger partial charge < -0.3 is 14.5 Å². The molecule has 3 aromatic heterocycles. The molecule has 3 aromatic rings. The Morgan fingerprint density at radius 1 is 1.48 bits per heavy atom. The van der Waals surface area contributed by atoms with E-state index in [9.17, 15) is 4.79 Å². The average Bonchev–Trinajstić information content (AvgIpc) is 3.30. The van der Waals surface area contributed by atoms with E-state index in [4.69, 9.17) is 9.15 Å². The molecule has 2 N–H and O–H groups in total. The van der Waals surface area contributed by atoms with Crippen LogP contribution in [0.4, 0.5) is 5.69 Å². The second-order valence-corrected chi connectivity index (χ2v) is 5.32. The Morgan fingerprint density at radius 3 is 3.22 bits per heavy atom. The Kier molecular flexibility index (Phi) is 3.43. The minimum atomic E-state index is -0.304. The van der Waals surface area contributed by atoms with E-state index in [0.717, 1.165) is 13.0 Å². The predicted molar refractivity (Wildman–Crippen MR) is 80.9 cm³/mol. The molecule has 1 amide bonds. The molecule has 8 heteroatoms. The largest absolute Gasteiger partial charge is 0.463 e. The van der Waals surface area contributed by atoms with Gasteiger partial charge in [0.05, 0.1) is 30.8 Å². The van der Waals surface area contributed by atoms with Crippen molar-refractivity contribution in [3.63, 3.8) is 0 Å². The fourth-order valence-electron chi connectivity index (χ4n) is 2.52. The molecule has 1 atom stereocenters. The third kappa shape index (κ3) is 2.76. The van der Waals surface area contributed by atoms with Crippen molar-refractivity contribution in [2.45, 2.75) is 12.5 Å². The lowest BCUT2D eigenvalue weighted by molar-refractivity contribution is 0.102. The van der Waals surface area contributed by atoms with Gasteiger partial charge in [-0.3, -0.25) is 14.6 Å². The Morgan fingerprint density at radius 2 is 2.43 bits per heavy atom. The van der Waals surface area contributed by atoms with Crippen LogP contribution in [-0.2, 0) is 4.74 Å². The monoisotopic (exact) mass is 313 g/mol. The van der Waals surface area contributed by atoms with E-state index in [1.54, 1.807) is 36.9 Å². The van der Waals surface area contributed by atoms with Crippen molar-refractivity contribution in [1.29, 1.82) is 0 Å². The molecule has 4 heterocycles. The first-order chi connectivity index (χ1) is 11.3. The van der Waals surface area contributed by atoms with Gasteiger partial charge in [0.2, 0.25) is 0 Å². The van der Waals surface area contributed by atoms with Crippen molar-refractivity contribution < 1.29 is 13.9 Å². The van der Waals surface area contributed by atoms with Gasteiger partial charge in [0.25, 0.3) is 5.91 Å². The summed E-state index contributed by atoms with van der Waals surface area (Å²) < 4.78 is 12.4. The predicted octanol–water partition coefficient (Wildman–Crippen LogP) is 2.08. The summed E-state index contributed by atoms with van der Waals surface area (Å²) in [5.41, 5.74) is 1.57. The highest BCUT2D eigenvalue weighted by Crippen LogP contribution is 2.21. The summed E-state index contributed by atoms with van der Waals surface area (Å²) >= 11 is 0. The van der Waals surface area contributed by atoms with E-state index in [-0.39, 0.29) is 17.6 Å². The summed E-state index contributed by atoms with van der Waals surface area (Å²) in [7, 11) is 0. The van der Waals surface area contributed by atoms with Crippen LogP contribution < -0.4 is 5.32 Å². The van der Waals surface area contributed by atoms with Crippen molar-refractivity contribution in [2.24, 2.45) is 0 Å². The molecule has 0 aromatic carbocycles. The topological polar surface area (TPSA) is 98.0 Å². The van der Waals surface area contributed by atoms with Gasteiger partial charge in [0, 0.05) is 18.9 Å². The number of anilines is 1. The van der Waals surface area contributed by atoms with E-state index in [2.05, 4.69) is 20.6 Å². The standard InChI is InChI=1S/C15H15N5O3/c21-15(13-6-12(18-19-13)14-2-1-4-23-14)17-10-7-16-20(8-10)11-3-5-22-9-11/h1-2,4,6-8,11H,3,5,9H2,(H,17,21)(H,18,19)/t11-/m0/s1. The Hall–Kier alpha value is -2.87. The highest BCUT2D eigenvalue weighted by molar-refractivity contribution is 6.03. The molecule has 1 aliphatic rings. The molecular weight excluding hydrogens is 298 g/mol. The third-order valence-corrected chi connectivity index (χ3v) is 3.74. The van der Waals surface area contributed by atoms with Gasteiger partial charge in [0.1, 0.15) is 5.69 Å². The zero-order valence-corrected chi connectivity index (χ0v) is 12.2. The van der Waals surface area contributed by atoms with Gasteiger partial charge in [-0.15, -0.1) is 0 Å². The number of aromatic nitrogens is 4. The van der Waals surface area contributed by atoms with E-state index >= 15 is 0 Å². The lowest BCUT2D eigenvalue weighted by Gasteiger charge is -2.06. The number of nitrogens with zero attached hydrogens (tertiary/aromatic N) is 3. The van der Waals surface area contributed by atoms with Crippen molar-refractivity contribution in [3.8, 4) is 11.5 Å². The van der Waals surface area contributed by atoms with E-state index < -0.39 is 0 Å². The number of amides is 1. The number of ether oxygens (including phenoxy) is 1. The van der Waals surface area contributed by atoms with Gasteiger partial charge in [-0.2, -0.15) is 10.2 Å². The van der Waals surface area contributed by atoms with Crippen molar-refractivity contribution >= 4 is 11.6 Å². The molecule has 0 unspecified atom stereocenters. The van der Waals surface area contributed by atoms with E-state index in [0.29, 0.717) is 23.7 Å². The lowest BCUT2D eigenvalue weighted by Crippen LogP contribution is -2.12. The summed E-state index contributed by atoms with van der Waals surface area (Å²) in [5.74, 6) is 0.326. The zero-order valence-electron chi connectivity index (χ0n) is 12.2. The normalized spacial score (nSPS) is 17.5. The highest BCUT2D eigenvalue weighted by Gasteiger charge is 2.19. The molecule has 4 rings (SSSR count). The van der Waals surface area contributed by atoms with E-state index in [1.165, 1.54) is 0 Å². The average molecular weight is 313 g/mol. The fourth-order valence-corrected chi connectivity index (χ4v) is 2.52. The molecule has 0 spiro atoms. The molecule has 0 bridgehead atoms. The van der Waals surface area contributed by atoms with Crippen LogP contribution in [0.15, 0.2) is 41.3 Å². The number of carbonyl (C=O) groups is 1. The molecular formula is C15H15N5O3. The number of nitrogens with one attached hydrogen (secondary N) is 2. The number of furan rings is 1. The Balaban J connectivity index is 1.45. The minimum absolute atomic E-state index is 0.233. The quantitative estimate of drug-likeness (QED) is 0.768. The van der Waals surface area contributed by atoms with Crippen LogP contribution in [0.3, 0.4) is 0 Å². The summed E-state index contributed by atoms with van der Waals surface area (Å²) in [6.45, 7) is 1.40. The van der Waals surface area contributed by atoms with Gasteiger partial charge in [-0.1, -0.05) is 0 Å². The van der Waals surface area contributed by atoms with Crippen LogP contribution in [0.2, 0.25) is 0 Å². The first-order valence-corrected chi connectivity index (χ1v) is 7.32. The number of hydrogen-bond donors (Lipinski definition) is 2. The molecule has 118 valence electrons. The lowest BCUT2D eigenvalue weighted by atomic mass is 10.3. The first kappa shape index (κ1) is 13.8. The SMILES string of the molecule is O=C(Nc1cnn([C@H]2CCOC2)c1)c1cc(-c2ccco2)[nH]n1. The Labute approximate surface area is 131 Å². The second kappa shape index (κ2) is 5.73. The van der Waals surface area contributed by atoms with Crippen LogP contribution in [0.5, 0.6) is 0 Å². The number of rotatable bonds is 4. The summed E-state index contributed by atoms with van der Waals surface area (Å²) in [6, 6.07) is 5.44. The molecule has 0 aliphatic carbocycles. The van der Waals surface area contributed by atoms with Gasteiger partial charge >= 0.3 is 0 Å². The van der Waals surface area contributed by atoms with Crippen molar-refractivity contribution in [2.75, 3.05) is 18.5 Å². The first-order valence-electron chi connectivity index (χ1n) is 7.32. The molecule has 23 heavy (non-hydrogen) atoms. The minimum Gasteiger partial charge on any atom is -0.463 e. The van der Waals surface area contributed by atoms with E-state index in [1.807, 2.05) is 4.68 Å². The van der Waals surface area contributed by atoms with Crippen LogP contribution in [0, 0.1) is 0 Å². The zero-order chi connectivity index (χ0) is 15.6. The third-order valence-electron chi connectivity index (χ3n) is 3.74. The molecule has 1 saturated heterocycles. The van der Waals surface area contributed by atoms with Gasteiger partial charge in [0.15, 0.2) is 11.5 Å². The summed E-state index contributed by atoms with van der Waals surface area (Å²) in [4.78, 5) is 12.2. The maximum atomic E-state index is 12.2. The molecule has 8 nitrogen and oxygen atoms in total. The van der Waals surface area contributed by atoms with Crippen molar-refractivity contribution in [3.05, 3.63) is 42.5 Å². The summed E-state index contributed by atoms with van der Waals surface area (Å²) in [5, 5.41) is 13.8. The molecule has 0 radical (unpaired) electrons. The number of carbonyl (C=O) groups excluding carboxylic acids is 1. The van der Waals surface area contributed by atoms with Crippen LogP contribution in [0.1, 0.15) is 23.0 Å². The smallest absolute Gasteiger partial charge is 0.276 e. The highest BCUT2D eigenvalue weighted by atomic mass is 16.5. The maximum Gasteiger partial charge on any atom is 0.276 e. The molecule has 1 aliphatic heterocycles. The van der Waals surface area contributed by atoms with Gasteiger partial charge in [-0.05, 0) is 18.6 Å². The number of H-pyrrole nitrogens is 1. The molecule has 0 saturated carbocycles. The summed E-state index contributed by atoms with van der Waals surface area (Å²) in [6.07, 6.45) is 5.92. The van der Waals surface area contributed by atoms with Crippen LogP contribution in [0.25, 0.3) is 11.5 Å². The van der Waals surface area contributed by atoms with Crippen LogP contribution >= 0.6 is 0 Å². The van der Waals surface area contributed by atoms with Crippen molar-refractivity contribution in [1.82, 2.24) is 20.0 Å². The Bertz CT molecular complexity index is 799. The molecule has 1 fully saturated rings. The fraction of sp³-hybridized carbons (Fsp3) is 0.267. The van der Waals surface area contributed by atoms with Gasteiger partial charge in [-0.25, -0.2) is 0 Å². The second-order valence-electron chi connectivity index (χ2n) is 5.32. The maximum absolute atomic E-state index is 12.2. The number of aromatic amines is 1. The van der Waals surface area contributed by atoms with Crippen LogP contribution in [-0.4, -0.2) is 39.1 Å². The number of hydrogen-bond acceptors (Lipinski definition) is 5.